The van der Waals surface area contributed by atoms with Crippen LogP contribution in [-0.4, -0.2) is 43.7 Å². The summed E-state index contributed by atoms with van der Waals surface area (Å²) in [6, 6.07) is 15.3. The van der Waals surface area contributed by atoms with Crippen LogP contribution in [0.15, 0.2) is 71.6 Å². The molecule has 1 atom stereocenters. The summed E-state index contributed by atoms with van der Waals surface area (Å²) in [4.78, 5) is 27.4. The Morgan fingerprint density at radius 1 is 1.03 bits per heavy atom. The third kappa shape index (κ3) is 6.98. The topological polar surface area (TPSA) is 104 Å². The summed E-state index contributed by atoms with van der Waals surface area (Å²) in [5.41, 5.74) is 1.27. The second-order valence-corrected chi connectivity index (χ2v) is 11.7. The quantitative estimate of drug-likeness (QED) is 0.373. The van der Waals surface area contributed by atoms with E-state index in [0.29, 0.717) is 10.6 Å². The number of rotatable bonds is 10. The molecule has 38 heavy (non-hydrogen) atoms. The van der Waals surface area contributed by atoms with Crippen molar-refractivity contribution in [2.24, 2.45) is 0 Å². The van der Waals surface area contributed by atoms with Gasteiger partial charge in [0, 0.05) is 16.6 Å². The van der Waals surface area contributed by atoms with Crippen LogP contribution >= 0.6 is 11.6 Å². The average Bonchev–Trinajstić information content (AvgIpc) is 2.89. The second-order valence-electron chi connectivity index (χ2n) is 9.01. The van der Waals surface area contributed by atoms with Crippen molar-refractivity contribution in [3.05, 3.63) is 94.3 Å². The van der Waals surface area contributed by atoms with Crippen LogP contribution in [0.3, 0.4) is 0 Å². The summed E-state index contributed by atoms with van der Waals surface area (Å²) in [6.07, 6.45) is 0.0492. The van der Waals surface area contributed by atoms with Gasteiger partial charge in [0.25, 0.3) is 5.91 Å². The van der Waals surface area contributed by atoms with E-state index < -0.39 is 34.2 Å². The maximum absolute atomic E-state index is 15.2. The highest BCUT2D eigenvalue weighted by Crippen LogP contribution is 2.25. The summed E-state index contributed by atoms with van der Waals surface area (Å²) >= 11 is 5.91. The molecular weight excluding hydrogens is 531 g/mol. The zero-order valence-electron chi connectivity index (χ0n) is 21.3. The maximum Gasteiger partial charge on any atom is 0.251 e. The van der Waals surface area contributed by atoms with Crippen LogP contribution in [0, 0.1) is 5.82 Å². The van der Waals surface area contributed by atoms with E-state index in [1.807, 2.05) is 0 Å². The van der Waals surface area contributed by atoms with Gasteiger partial charge in [0.05, 0.1) is 35.4 Å². The van der Waals surface area contributed by atoms with Crippen LogP contribution in [0.2, 0.25) is 5.02 Å². The molecule has 0 aromatic heterocycles. The summed E-state index contributed by atoms with van der Waals surface area (Å²) < 4.78 is 39.3. The molecule has 0 radical (unpaired) electrons. The van der Waals surface area contributed by atoms with E-state index >= 15 is 4.39 Å². The van der Waals surface area contributed by atoms with Gasteiger partial charge in [-0.15, -0.1) is 0 Å². The van der Waals surface area contributed by atoms with Crippen LogP contribution in [0.25, 0.3) is 0 Å². The number of benzene rings is 3. The Hall–Kier alpha value is -3.27. The smallest absolute Gasteiger partial charge is 0.251 e. The van der Waals surface area contributed by atoms with Gasteiger partial charge in [-0.2, -0.15) is 0 Å². The first-order valence-corrected chi connectivity index (χ1v) is 14.1. The van der Waals surface area contributed by atoms with Gasteiger partial charge >= 0.3 is 0 Å². The fraction of sp³-hybridized carbons (Fsp3) is 0.286. The standard InChI is InChI=1S/C28H30ClFN2O5S/c1-4-38(36,37)23-12-7-20(8-13-23)25(17-33)31-28(35)21-9-14-26(24(30)16-21)32(18(2)3)27(34)15-19-5-10-22(29)11-6-19/h5-14,16,18,25,33H,4,15,17H2,1-3H3,(H,31,35). The number of anilines is 1. The van der Waals surface area contributed by atoms with Gasteiger partial charge < -0.3 is 15.3 Å². The van der Waals surface area contributed by atoms with Crippen molar-refractivity contribution in [1.29, 1.82) is 0 Å². The molecule has 0 spiro atoms. The Morgan fingerprint density at radius 2 is 1.66 bits per heavy atom. The summed E-state index contributed by atoms with van der Waals surface area (Å²) in [6.45, 7) is 4.62. The SMILES string of the molecule is CCS(=O)(=O)c1ccc(C(CO)NC(=O)c2ccc(N(C(=O)Cc3ccc(Cl)cc3)C(C)C)c(F)c2)cc1. The van der Waals surface area contributed by atoms with Gasteiger partial charge in [0.2, 0.25) is 5.91 Å². The first-order chi connectivity index (χ1) is 18.0. The molecule has 10 heteroatoms. The number of amides is 2. The Morgan fingerprint density at radius 3 is 2.18 bits per heavy atom. The molecule has 7 nitrogen and oxygen atoms in total. The molecule has 0 saturated carbocycles. The second kappa shape index (κ2) is 12.5. The van der Waals surface area contributed by atoms with Gasteiger partial charge in [-0.25, -0.2) is 12.8 Å². The number of aliphatic hydroxyl groups excluding tert-OH is 1. The molecule has 202 valence electrons. The molecule has 3 rings (SSSR count). The monoisotopic (exact) mass is 560 g/mol. The minimum Gasteiger partial charge on any atom is -0.394 e. The highest BCUT2D eigenvalue weighted by atomic mass is 35.5. The Bertz CT molecular complexity index is 1390. The average molecular weight is 561 g/mol. The molecule has 0 aliphatic rings. The van der Waals surface area contributed by atoms with Gasteiger partial charge in [-0.1, -0.05) is 42.8 Å². The van der Waals surface area contributed by atoms with E-state index in [1.165, 1.54) is 41.3 Å². The molecule has 0 saturated heterocycles. The number of aliphatic hydroxyl groups is 1. The van der Waals surface area contributed by atoms with Crippen LogP contribution in [-0.2, 0) is 21.1 Å². The van der Waals surface area contributed by atoms with E-state index in [1.54, 1.807) is 45.0 Å². The zero-order chi connectivity index (χ0) is 28.0. The van der Waals surface area contributed by atoms with Crippen molar-refractivity contribution in [2.45, 2.75) is 44.2 Å². The third-order valence-electron chi connectivity index (χ3n) is 6.03. The summed E-state index contributed by atoms with van der Waals surface area (Å²) in [5, 5.41) is 13.0. The number of hydrogen-bond donors (Lipinski definition) is 2. The lowest BCUT2D eigenvalue weighted by Gasteiger charge is -2.27. The van der Waals surface area contributed by atoms with E-state index in [2.05, 4.69) is 5.32 Å². The number of halogens is 2. The molecule has 0 bridgehead atoms. The van der Waals surface area contributed by atoms with E-state index in [9.17, 15) is 23.1 Å². The highest BCUT2D eigenvalue weighted by molar-refractivity contribution is 7.91. The number of sulfone groups is 1. The number of carbonyl (C=O) groups is 2. The number of hydrogen-bond acceptors (Lipinski definition) is 5. The molecule has 0 aliphatic heterocycles. The van der Waals surface area contributed by atoms with Crippen LogP contribution < -0.4 is 10.2 Å². The lowest BCUT2D eigenvalue weighted by molar-refractivity contribution is -0.118. The molecule has 3 aromatic carbocycles. The molecule has 0 fully saturated rings. The van der Waals surface area contributed by atoms with Gasteiger partial charge in [-0.3, -0.25) is 9.59 Å². The van der Waals surface area contributed by atoms with Crippen LogP contribution in [0.5, 0.6) is 0 Å². The fourth-order valence-electron chi connectivity index (χ4n) is 3.96. The molecule has 0 heterocycles. The first kappa shape index (κ1) is 29.3. The van der Waals surface area contributed by atoms with Crippen LogP contribution in [0.4, 0.5) is 10.1 Å². The third-order valence-corrected chi connectivity index (χ3v) is 8.04. The zero-order valence-corrected chi connectivity index (χ0v) is 22.9. The van der Waals surface area contributed by atoms with Crippen molar-refractivity contribution in [3.8, 4) is 0 Å². The largest absolute Gasteiger partial charge is 0.394 e. The molecule has 3 aromatic rings. The minimum atomic E-state index is -3.39. The number of nitrogens with zero attached hydrogens (tertiary/aromatic N) is 1. The van der Waals surface area contributed by atoms with Crippen molar-refractivity contribution in [1.82, 2.24) is 5.32 Å². The molecule has 2 N–H and O–H groups in total. The normalized spacial score (nSPS) is 12.3. The fourth-order valence-corrected chi connectivity index (χ4v) is 4.97. The predicted octanol–water partition coefficient (Wildman–Crippen LogP) is 4.72. The number of carbonyl (C=O) groups excluding carboxylic acids is 2. The van der Waals surface area contributed by atoms with E-state index in [4.69, 9.17) is 11.6 Å². The van der Waals surface area contributed by atoms with Gasteiger partial charge in [0.1, 0.15) is 5.82 Å². The van der Waals surface area contributed by atoms with Crippen molar-refractivity contribution in [3.63, 3.8) is 0 Å². The van der Waals surface area contributed by atoms with Crippen molar-refractivity contribution < 1.29 is 27.5 Å². The number of nitrogens with one attached hydrogen (secondary N) is 1. The Balaban J connectivity index is 1.77. The summed E-state index contributed by atoms with van der Waals surface area (Å²) in [7, 11) is -3.39. The van der Waals surface area contributed by atoms with Crippen molar-refractivity contribution >= 4 is 38.9 Å². The lowest BCUT2D eigenvalue weighted by Crippen LogP contribution is -2.39. The molecule has 1 unspecified atom stereocenters. The van der Waals surface area contributed by atoms with Crippen LogP contribution in [0.1, 0.15) is 48.3 Å². The van der Waals surface area contributed by atoms with Crippen molar-refractivity contribution in [2.75, 3.05) is 17.3 Å². The Labute approximate surface area is 227 Å². The highest BCUT2D eigenvalue weighted by Gasteiger charge is 2.24. The van der Waals surface area contributed by atoms with Gasteiger partial charge in [0.15, 0.2) is 9.84 Å². The first-order valence-electron chi connectivity index (χ1n) is 12.1. The molecule has 2 amide bonds. The maximum atomic E-state index is 15.2. The van der Waals surface area contributed by atoms with E-state index in [-0.39, 0.29) is 40.3 Å². The molecule has 0 aliphatic carbocycles. The Kier molecular flexibility index (Phi) is 9.65. The predicted molar refractivity (Wildman–Crippen MR) is 146 cm³/mol. The lowest BCUT2D eigenvalue weighted by atomic mass is 10.1. The van der Waals surface area contributed by atoms with Gasteiger partial charge in [-0.05, 0) is 67.4 Å². The summed E-state index contributed by atoms with van der Waals surface area (Å²) in [5.74, 6) is -1.74. The molecular formula is C28H30ClFN2O5S. The van der Waals surface area contributed by atoms with E-state index in [0.717, 1.165) is 11.6 Å². The minimum absolute atomic E-state index is 0.00346.